The fourth-order valence-corrected chi connectivity index (χ4v) is 2.56. The maximum atomic E-state index is 5.84. The Bertz CT molecular complexity index is 383. The summed E-state index contributed by atoms with van der Waals surface area (Å²) in [5, 5.41) is 3.44. The van der Waals surface area contributed by atoms with Crippen LogP contribution >= 0.6 is 0 Å². The lowest BCUT2D eigenvalue weighted by molar-refractivity contribution is 0.0157. The molecular weight excluding hydrogens is 262 g/mol. The molecule has 3 nitrogen and oxygen atoms in total. The highest BCUT2D eigenvalue weighted by Crippen LogP contribution is 2.15. The van der Waals surface area contributed by atoms with Gasteiger partial charge in [-0.2, -0.15) is 0 Å². The van der Waals surface area contributed by atoms with E-state index in [9.17, 15) is 0 Å². The molecule has 1 aromatic rings. The molecule has 1 heterocycles. The summed E-state index contributed by atoms with van der Waals surface area (Å²) in [5.41, 5.74) is 2.65. The van der Waals surface area contributed by atoms with Gasteiger partial charge in [0.05, 0.1) is 13.2 Å². The fraction of sp³-hybridized carbons (Fsp3) is 0.667. The van der Waals surface area contributed by atoms with Gasteiger partial charge in [0.25, 0.3) is 0 Å². The molecule has 0 aromatic heterocycles. The summed E-state index contributed by atoms with van der Waals surface area (Å²) in [5.74, 6) is 0.681. The van der Waals surface area contributed by atoms with Gasteiger partial charge in [-0.15, -0.1) is 0 Å². The van der Waals surface area contributed by atoms with Crippen LogP contribution in [-0.2, 0) is 22.5 Å². The van der Waals surface area contributed by atoms with Crippen molar-refractivity contribution in [2.75, 3.05) is 26.4 Å². The second kappa shape index (κ2) is 9.19. The molecule has 1 aromatic carbocycles. The van der Waals surface area contributed by atoms with E-state index in [1.807, 2.05) is 0 Å². The predicted molar refractivity (Wildman–Crippen MR) is 86.5 cm³/mol. The van der Waals surface area contributed by atoms with Crippen LogP contribution in [0.3, 0.4) is 0 Å². The van der Waals surface area contributed by atoms with Crippen molar-refractivity contribution in [3.63, 3.8) is 0 Å². The Labute approximate surface area is 129 Å². The smallest absolute Gasteiger partial charge is 0.0717 e. The van der Waals surface area contributed by atoms with E-state index in [-0.39, 0.29) is 0 Å². The third-order valence-electron chi connectivity index (χ3n) is 3.95. The largest absolute Gasteiger partial charge is 0.381 e. The van der Waals surface area contributed by atoms with Crippen molar-refractivity contribution >= 4 is 0 Å². The second-order valence-electron chi connectivity index (χ2n) is 6.25. The molecule has 0 amide bonds. The molecule has 21 heavy (non-hydrogen) atoms. The summed E-state index contributed by atoms with van der Waals surface area (Å²) in [6.07, 6.45) is 3.37. The molecule has 0 atom stereocenters. The number of nitrogens with one attached hydrogen (secondary N) is 1. The van der Waals surface area contributed by atoms with Gasteiger partial charge in [0.15, 0.2) is 0 Å². The summed E-state index contributed by atoms with van der Waals surface area (Å²) in [6, 6.07) is 9.37. The van der Waals surface area contributed by atoms with E-state index in [1.165, 1.54) is 11.1 Å². The Morgan fingerprint density at radius 3 is 2.48 bits per heavy atom. The van der Waals surface area contributed by atoms with Crippen LogP contribution in [0.4, 0.5) is 0 Å². The highest BCUT2D eigenvalue weighted by Gasteiger charge is 2.13. The van der Waals surface area contributed by atoms with Crippen LogP contribution in [0.2, 0.25) is 0 Å². The molecule has 0 unspecified atom stereocenters. The Hall–Kier alpha value is -0.900. The monoisotopic (exact) mass is 291 g/mol. The molecule has 1 aliphatic heterocycles. The third-order valence-corrected chi connectivity index (χ3v) is 3.95. The van der Waals surface area contributed by atoms with Crippen LogP contribution in [-0.4, -0.2) is 32.4 Å². The maximum Gasteiger partial charge on any atom is 0.0717 e. The number of benzene rings is 1. The van der Waals surface area contributed by atoms with E-state index in [0.29, 0.717) is 12.0 Å². The molecule has 1 aliphatic rings. The lowest BCUT2D eigenvalue weighted by Crippen LogP contribution is -2.24. The number of hydrogen-bond acceptors (Lipinski definition) is 3. The SMILES string of the molecule is CC(C)NCCc1ccc(COCC2CCOCC2)cc1. The maximum absolute atomic E-state index is 5.84. The number of hydrogen-bond donors (Lipinski definition) is 1. The molecule has 1 N–H and O–H groups in total. The zero-order valence-corrected chi connectivity index (χ0v) is 13.4. The van der Waals surface area contributed by atoms with Crippen molar-refractivity contribution in [3.8, 4) is 0 Å². The van der Waals surface area contributed by atoms with E-state index in [0.717, 1.165) is 52.2 Å². The van der Waals surface area contributed by atoms with Crippen LogP contribution in [0.25, 0.3) is 0 Å². The van der Waals surface area contributed by atoms with E-state index in [2.05, 4.69) is 43.4 Å². The van der Waals surface area contributed by atoms with Crippen LogP contribution in [0.1, 0.15) is 37.8 Å². The molecule has 3 heteroatoms. The topological polar surface area (TPSA) is 30.5 Å². The van der Waals surface area contributed by atoms with E-state index < -0.39 is 0 Å². The van der Waals surface area contributed by atoms with E-state index in [1.54, 1.807) is 0 Å². The zero-order chi connectivity index (χ0) is 14.9. The molecule has 0 aliphatic carbocycles. The quantitative estimate of drug-likeness (QED) is 0.798. The summed E-state index contributed by atoms with van der Waals surface area (Å²) < 4.78 is 11.2. The third kappa shape index (κ3) is 6.60. The Morgan fingerprint density at radius 1 is 1.14 bits per heavy atom. The highest BCUT2D eigenvalue weighted by molar-refractivity contribution is 5.22. The first-order valence-electron chi connectivity index (χ1n) is 8.20. The average molecular weight is 291 g/mol. The summed E-state index contributed by atoms with van der Waals surface area (Å²) >= 11 is 0. The molecule has 0 bridgehead atoms. The lowest BCUT2D eigenvalue weighted by atomic mass is 10.0. The Balaban J connectivity index is 1.64. The zero-order valence-electron chi connectivity index (χ0n) is 13.4. The van der Waals surface area contributed by atoms with Gasteiger partial charge >= 0.3 is 0 Å². The van der Waals surface area contributed by atoms with Gasteiger partial charge in [-0.25, -0.2) is 0 Å². The summed E-state index contributed by atoms with van der Waals surface area (Å²) in [4.78, 5) is 0. The summed E-state index contributed by atoms with van der Waals surface area (Å²) in [6.45, 7) is 8.78. The van der Waals surface area contributed by atoms with Gasteiger partial charge < -0.3 is 14.8 Å². The van der Waals surface area contributed by atoms with Gasteiger partial charge in [0.2, 0.25) is 0 Å². The minimum absolute atomic E-state index is 0.558. The van der Waals surface area contributed by atoms with Gasteiger partial charge in [-0.05, 0) is 42.9 Å². The number of ether oxygens (including phenoxy) is 2. The Morgan fingerprint density at radius 2 is 1.81 bits per heavy atom. The van der Waals surface area contributed by atoms with Gasteiger partial charge in [0, 0.05) is 19.3 Å². The minimum atomic E-state index is 0.558. The van der Waals surface area contributed by atoms with E-state index >= 15 is 0 Å². The van der Waals surface area contributed by atoms with Crippen LogP contribution in [0.5, 0.6) is 0 Å². The predicted octanol–water partition coefficient (Wildman–Crippen LogP) is 3.17. The lowest BCUT2D eigenvalue weighted by Gasteiger charge is -2.21. The standard InChI is InChI=1S/C18H29NO2/c1-15(2)19-10-7-16-3-5-17(6-4-16)13-21-14-18-8-11-20-12-9-18/h3-6,15,18-19H,7-14H2,1-2H3. The molecule has 118 valence electrons. The molecule has 2 rings (SSSR count). The first-order valence-corrected chi connectivity index (χ1v) is 8.20. The first-order chi connectivity index (χ1) is 10.2. The second-order valence-corrected chi connectivity index (χ2v) is 6.25. The van der Waals surface area contributed by atoms with Crippen molar-refractivity contribution < 1.29 is 9.47 Å². The summed E-state index contributed by atoms with van der Waals surface area (Å²) in [7, 11) is 0. The van der Waals surface area contributed by atoms with Crippen molar-refractivity contribution in [3.05, 3.63) is 35.4 Å². The normalized spacial score (nSPS) is 16.5. The Kier molecular flexibility index (Phi) is 7.20. The van der Waals surface area contributed by atoms with Crippen molar-refractivity contribution in [2.24, 2.45) is 5.92 Å². The van der Waals surface area contributed by atoms with E-state index in [4.69, 9.17) is 9.47 Å². The van der Waals surface area contributed by atoms with Crippen LogP contribution < -0.4 is 5.32 Å². The van der Waals surface area contributed by atoms with Crippen molar-refractivity contribution in [2.45, 2.75) is 45.8 Å². The van der Waals surface area contributed by atoms with Gasteiger partial charge in [-0.3, -0.25) is 0 Å². The molecule has 0 saturated carbocycles. The first kappa shape index (κ1) is 16.5. The van der Waals surface area contributed by atoms with Crippen LogP contribution in [0.15, 0.2) is 24.3 Å². The van der Waals surface area contributed by atoms with Gasteiger partial charge in [0.1, 0.15) is 0 Å². The fourth-order valence-electron chi connectivity index (χ4n) is 2.56. The minimum Gasteiger partial charge on any atom is -0.381 e. The molecular formula is C18H29NO2. The molecule has 0 radical (unpaired) electrons. The average Bonchev–Trinajstić information content (AvgIpc) is 2.50. The molecule has 0 spiro atoms. The number of rotatable bonds is 8. The van der Waals surface area contributed by atoms with Crippen molar-refractivity contribution in [1.82, 2.24) is 5.32 Å². The molecule has 1 saturated heterocycles. The van der Waals surface area contributed by atoms with Crippen molar-refractivity contribution in [1.29, 1.82) is 0 Å². The van der Waals surface area contributed by atoms with Gasteiger partial charge in [-0.1, -0.05) is 38.1 Å². The van der Waals surface area contributed by atoms with Crippen LogP contribution in [0, 0.1) is 5.92 Å². The molecule has 1 fully saturated rings. The highest BCUT2D eigenvalue weighted by atomic mass is 16.5.